The highest BCUT2D eigenvalue weighted by atomic mass is 16.5. The van der Waals surface area contributed by atoms with Crippen LogP contribution in [0.15, 0.2) is 18.2 Å². The third kappa shape index (κ3) is 3.32. The SMILES string of the molecule is COc1ccc2c(c1)[C@H](C(=O)N1CCCN(C)CC1)CC(=O)N2. The van der Waals surface area contributed by atoms with Crippen LogP contribution in [0.4, 0.5) is 5.69 Å². The van der Waals surface area contributed by atoms with Gasteiger partial charge in [-0.2, -0.15) is 0 Å². The molecule has 3 rings (SSSR count). The summed E-state index contributed by atoms with van der Waals surface area (Å²) in [4.78, 5) is 29.1. The molecular formula is C17H23N3O3. The molecule has 1 saturated heterocycles. The minimum Gasteiger partial charge on any atom is -0.497 e. The van der Waals surface area contributed by atoms with E-state index >= 15 is 0 Å². The van der Waals surface area contributed by atoms with Gasteiger partial charge in [-0.05, 0) is 43.8 Å². The van der Waals surface area contributed by atoms with Crippen molar-refractivity contribution in [3.05, 3.63) is 23.8 Å². The third-order valence-corrected chi connectivity index (χ3v) is 4.63. The maximum atomic E-state index is 13.0. The van der Waals surface area contributed by atoms with Crippen LogP contribution in [0.2, 0.25) is 0 Å². The first-order valence-corrected chi connectivity index (χ1v) is 8.03. The molecule has 2 aliphatic heterocycles. The molecule has 0 saturated carbocycles. The van der Waals surface area contributed by atoms with Crippen LogP contribution in [0.1, 0.15) is 24.3 Å². The number of carbonyl (C=O) groups is 2. The molecule has 124 valence electrons. The zero-order chi connectivity index (χ0) is 16.4. The molecule has 1 N–H and O–H groups in total. The number of carbonyl (C=O) groups excluding carboxylic acids is 2. The molecule has 2 amide bonds. The number of rotatable bonds is 2. The Bertz CT molecular complexity index is 617. The van der Waals surface area contributed by atoms with Gasteiger partial charge in [-0.1, -0.05) is 0 Å². The van der Waals surface area contributed by atoms with Crippen molar-refractivity contribution in [2.45, 2.75) is 18.8 Å². The average molecular weight is 317 g/mol. The van der Waals surface area contributed by atoms with Crippen molar-refractivity contribution in [2.75, 3.05) is 45.7 Å². The zero-order valence-corrected chi connectivity index (χ0v) is 13.7. The lowest BCUT2D eigenvalue weighted by atomic mass is 9.89. The topological polar surface area (TPSA) is 61.9 Å². The van der Waals surface area contributed by atoms with Crippen molar-refractivity contribution in [2.24, 2.45) is 0 Å². The smallest absolute Gasteiger partial charge is 0.230 e. The summed E-state index contributed by atoms with van der Waals surface area (Å²) in [5.74, 6) is 0.225. The van der Waals surface area contributed by atoms with E-state index in [4.69, 9.17) is 4.74 Å². The number of methoxy groups -OCH3 is 1. The lowest BCUT2D eigenvalue weighted by molar-refractivity contribution is -0.134. The standard InChI is InChI=1S/C17H23N3O3/c1-19-6-3-7-20(9-8-19)17(22)14-11-16(21)18-15-5-4-12(23-2)10-13(14)15/h4-5,10,14H,3,6-9,11H2,1-2H3,(H,18,21)/t14-/m1/s1. The van der Waals surface area contributed by atoms with Crippen LogP contribution in [0.3, 0.4) is 0 Å². The Labute approximate surface area is 136 Å². The van der Waals surface area contributed by atoms with Gasteiger partial charge in [-0.25, -0.2) is 0 Å². The summed E-state index contributed by atoms with van der Waals surface area (Å²) in [5.41, 5.74) is 1.57. The number of nitrogens with one attached hydrogen (secondary N) is 1. The predicted octanol–water partition coefficient (Wildman–Crippen LogP) is 1.29. The minimum atomic E-state index is -0.419. The molecule has 1 fully saturated rings. The lowest BCUT2D eigenvalue weighted by Gasteiger charge is -2.30. The molecule has 1 aromatic rings. The number of likely N-dealkylation sites (N-methyl/N-ethyl adjacent to an activating group) is 1. The van der Waals surface area contributed by atoms with E-state index in [9.17, 15) is 9.59 Å². The maximum absolute atomic E-state index is 13.0. The Morgan fingerprint density at radius 3 is 2.87 bits per heavy atom. The number of anilines is 1. The van der Waals surface area contributed by atoms with Gasteiger partial charge in [-0.3, -0.25) is 9.59 Å². The van der Waals surface area contributed by atoms with Crippen molar-refractivity contribution in [1.82, 2.24) is 9.80 Å². The summed E-state index contributed by atoms with van der Waals surface area (Å²) in [5, 5.41) is 2.84. The molecule has 0 radical (unpaired) electrons. The molecular weight excluding hydrogens is 294 g/mol. The van der Waals surface area contributed by atoms with Gasteiger partial charge >= 0.3 is 0 Å². The van der Waals surface area contributed by atoms with Crippen molar-refractivity contribution in [3.63, 3.8) is 0 Å². The summed E-state index contributed by atoms with van der Waals surface area (Å²) >= 11 is 0. The van der Waals surface area contributed by atoms with Gasteiger partial charge in [0.1, 0.15) is 5.75 Å². The van der Waals surface area contributed by atoms with Crippen LogP contribution in [0.5, 0.6) is 5.75 Å². The second kappa shape index (κ2) is 6.58. The molecule has 2 heterocycles. The van der Waals surface area contributed by atoms with Crippen molar-refractivity contribution < 1.29 is 14.3 Å². The van der Waals surface area contributed by atoms with E-state index < -0.39 is 5.92 Å². The van der Waals surface area contributed by atoms with E-state index in [0.29, 0.717) is 18.0 Å². The number of ether oxygens (including phenoxy) is 1. The van der Waals surface area contributed by atoms with Crippen LogP contribution < -0.4 is 10.1 Å². The van der Waals surface area contributed by atoms with E-state index in [-0.39, 0.29) is 18.2 Å². The summed E-state index contributed by atoms with van der Waals surface area (Å²) in [7, 11) is 3.67. The molecule has 1 atom stereocenters. The lowest BCUT2D eigenvalue weighted by Crippen LogP contribution is -2.40. The zero-order valence-electron chi connectivity index (χ0n) is 13.7. The van der Waals surface area contributed by atoms with E-state index in [1.807, 2.05) is 17.0 Å². The number of fused-ring (bicyclic) bond motifs is 1. The normalized spacial score (nSPS) is 22.1. The monoisotopic (exact) mass is 317 g/mol. The van der Waals surface area contributed by atoms with Gasteiger partial charge in [0.05, 0.1) is 13.0 Å². The molecule has 6 heteroatoms. The molecule has 2 aliphatic rings. The van der Waals surface area contributed by atoms with Crippen LogP contribution >= 0.6 is 0 Å². The van der Waals surface area contributed by atoms with Gasteiger partial charge < -0.3 is 19.9 Å². The molecule has 23 heavy (non-hydrogen) atoms. The largest absolute Gasteiger partial charge is 0.497 e. The van der Waals surface area contributed by atoms with E-state index in [2.05, 4.69) is 17.3 Å². The van der Waals surface area contributed by atoms with Crippen LogP contribution in [-0.4, -0.2) is 62.0 Å². The average Bonchev–Trinajstić information content (AvgIpc) is 2.77. The molecule has 0 aliphatic carbocycles. The number of benzene rings is 1. The van der Waals surface area contributed by atoms with Crippen molar-refractivity contribution in [1.29, 1.82) is 0 Å². The molecule has 0 spiro atoms. The molecule has 0 aromatic heterocycles. The van der Waals surface area contributed by atoms with Gasteiger partial charge in [-0.15, -0.1) is 0 Å². The summed E-state index contributed by atoms with van der Waals surface area (Å²) in [6.07, 6.45) is 1.16. The van der Waals surface area contributed by atoms with Crippen LogP contribution in [-0.2, 0) is 9.59 Å². The van der Waals surface area contributed by atoms with Gasteiger partial charge in [0.25, 0.3) is 0 Å². The number of amides is 2. The highest BCUT2D eigenvalue weighted by molar-refractivity contribution is 6.01. The first kappa shape index (κ1) is 15.8. The Kier molecular flexibility index (Phi) is 4.52. The van der Waals surface area contributed by atoms with E-state index in [1.54, 1.807) is 13.2 Å². The summed E-state index contributed by atoms with van der Waals surface area (Å²) in [6.45, 7) is 3.34. The number of hydrogen-bond donors (Lipinski definition) is 1. The Morgan fingerprint density at radius 1 is 1.26 bits per heavy atom. The Hall–Kier alpha value is -2.08. The quantitative estimate of drug-likeness (QED) is 0.893. The molecule has 1 aromatic carbocycles. The van der Waals surface area contributed by atoms with Gasteiger partial charge in [0.15, 0.2) is 0 Å². The fourth-order valence-electron chi connectivity index (χ4n) is 3.27. The fraction of sp³-hybridized carbons (Fsp3) is 0.529. The summed E-state index contributed by atoms with van der Waals surface area (Å²) in [6, 6.07) is 5.47. The van der Waals surface area contributed by atoms with Crippen LogP contribution in [0.25, 0.3) is 0 Å². The molecule has 6 nitrogen and oxygen atoms in total. The molecule has 0 bridgehead atoms. The van der Waals surface area contributed by atoms with Gasteiger partial charge in [0, 0.05) is 31.7 Å². The minimum absolute atomic E-state index is 0.0460. The van der Waals surface area contributed by atoms with Crippen LogP contribution in [0, 0.1) is 0 Å². The third-order valence-electron chi connectivity index (χ3n) is 4.63. The highest BCUT2D eigenvalue weighted by Gasteiger charge is 2.34. The number of hydrogen-bond acceptors (Lipinski definition) is 4. The van der Waals surface area contributed by atoms with Crippen molar-refractivity contribution >= 4 is 17.5 Å². The van der Waals surface area contributed by atoms with E-state index in [1.165, 1.54) is 0 Å². The molecule has 0 unspecified atom stereocenters. The van der Waals surface area contributed by atoms with Gasteiger partial charge in [0.2, 0.25) is 11.8 Å². The predicted molar refractivity (Wildman–Crippen MR) is 87.7 cm³/mol. The van der Waals surface area contributed by atoms with Crippen molar-refractivity contribution in [3.8, 4) is 5.75 Å². The summed E-state index contributed by atoms with van der Waals surface area (Å²) < 4.78 is 5.27. The maximum Gasteiger partial charge on any atom is 0.230 e. The van der Waals surface area contributed by atoms with E-state index in [0.717, 1.165) is 31.6 Å². The second-order valence-electron chi connectivity index (χ2n) is 6.24. The Balaban J connectivity index is 1.87. The number of nitrogens with zero attached hydrogens (tertiary/aromatic N) is 2. The first-order valence-electron chi connectivity index (χ1n) is 8.03. The Morgan fingerprint density at radius 2 is 2.09 bits per heavy atom. The first-order chi connectivity index (χ1) is 11.1. The second-order valence-corrected chi connectivity index (χ2v) is 6.24. The highest BCUT2D eigenvalue weighted by Crippen LogP contribution is 2.36. The fourth-order valence-corrected chi connectivity index (χ4v) is 3.27.